The van der Waals surface area contributed by atoms with Crippen LogP contribution in [-0.2, 0) is 14.3 Å². The summed E-state index contributed by atoms with van der Waals surface area (Å²) >= 11 is 1.60. The molecule has 0 bridgehead atoms. The summed E-state index contributed by atoms with van der Waals surface area (Å²) in [6.45, 7) is 6.39. The van der Waals surface area contributed by atoms with Crippen LogP contribution in [0.2, 0.25) is 0 Å². The van der Waals surface area contributed by atoms with Crippen molar-refractivity contribution in [1.82, 2.24) is 4.90 Å². The fraction of sp³-hybridized carbons (Fsp3) is 0.556. The second-order valence-electron chi connectivity index (χ2n) is 6.05. The minimum atomic E-state index is -0.510. The first-order valence-electron chi connectivity index (χ1n) is 8.40. The molecular weight excluding hydrogens is 324 g/mol. The number of hydrogen-bond acceptors (Lipinski definition) is 4. The maximum atomic E-state index is 12.6. The van der Waals surface area contributed by atoms with Crippen LogP contribution < -0.4 is 5.32 Å². The van der Waals surface area contributed by atoms with Crippen LogP contribution in [0.3, 0.4) is 0 Å². The van der Waals surface area contributed by atoms with E-state index in [2.05, 4.69) is 12.2 Å². The Morgan fingerprint density at radius 3 is 2.96 bits per heavy atom. The molecule has 0 radical (unpaired) electrons. The van der Waals surface area contributed by atoms with E-state index in [4.69, 9.17) is 4.74 Å². The molecule has 1 aromatic carbocycles. The second-order valence-corrected chi connectivity index (χ2v) is 7.05. The van der Waals surface area contributed by atoms with E-state index in [9.17, 15) is 9.59 Å². The minimum Gasteiger partial charge on any atom is -0.369 e. The van der Waals surface area contributed by atoms with Gasteiger partial charge in [0.2, 0.25) is 5.91 Å². The zero-order chi connectivity index (χ0) is 17.5. The monoisotopic (exact) mass is 350 g/mol. The lowest BCUT2D eigenvalue weighted by Gasteiger charge is -2.26. The molecule has 0 aliphatic carbocycles. The second kappa shape index (κ2) is 9.08. The third kappa shape index (κ3) is 4.98. The zero-order valence-electron chi connectivity index (χ0n) is 14.6. The summed E-state index contributed by atoms with van der Waals surface area (Å²) in [5.41, 5.74) is 1.84. The third-order valence-electron chi connectivity index (χ3n) is 3.97. The van der Waals surface area contributed by atoms with Crippen LogP contribution in [0.1, 0.15) is 32.3 Å². The fourth-order valence-electron chi connectivity index (χ4n) is 2.53. The number of carbonyl (C=O) groups is 2. The molecule has 1 fully saturated rings. The number of amides is 2. The van der Waals surface area contributed by atoms with E-state index in [1.165, 1.54) is 0 Å². The Hall–Kier alpha value is -1.53. The van der Waals surface area contributed by atoms with Crippen LogP contribution in [0.4, 0.5) is 5.69 Å². The van der Waals surface area contributed by atoms with Gasteiger partial charge >= 0.3 is 0 Å². The van der Waals surface area contributed by atoms with Gasteiger partial charge in [-0.2, -0.15) is 0 Å². The maximum absolute atomic E-state index is 12.6. The van der Waals surface area contributed by atoms with Crippen LogP contribution in [0.5, 0.6) is 0 Å². The van der Waals surface area contributed by atoms with E-state index in [-0.39, 0.29) is 11.8 Å². The van der Waals surface area contributed by atoms with Gasteiger partial charge in [-0.15, -0.1) is 11.8 Å². The van der Waals surface area contributed by atoms with Gasteiger partial charge in [0.1, 0.15) is 12.1 Å². The highest BCUT2D eigenvalue weighted by atomic mass is 32.2. The number of aryl methyl sites for hydroxylation is 1. The molecule has 0 spiro atoms. The summed E-state index contributed by atoms with van der Waals surface area (Å²) in [4.78, 5) is 26.8. The molecule has 0 aromatic heterocycles. The molecule has 1 saturated heterocycles. The molecule has 2 amide bonds. The van der Waals surface area contributed by atoms with E-state index < -0.39 is 12.1 Å². The molecule has 2 atom stereocenters. The van der Waals surface area contributed by atoms with Crippen molar-refractivity contribution in [3.8, 4) is 0 Å². The maximum Gasteiger partial charge on any atom is 0.252 e. The number of ether oxygens (including phenoxy) is 1. The quantitative estimate of drug-likeness (QED) is 0.768. The number of unbranched alkanes of at least 4 members (excludes halogenated alkanes) is 1. The van der Waals surface area contributed by atoms with Gasteiger partial charge in [-0.05, 0) is 38.0 Å². The van der Waals surface area contributed by atoms with Crippen LogP contribution in [0.25, 0.3) is 0 Å². The number of carbonyl (C=O) groups excluding carboxylic acids is 2. The molecule has 0 saturated carbocycles. The number of hydrogen-bond donors (Lipinski definition) is 1. The average molecular weight is 350 g/mol. The summed E-state index contributed by atoms with van der Waals surface area (Å²) in [6, 6.07) is 7.21. The molecule has 24 heavy (non-hydrogen) atoms. The van der Waals surface area contributed by atoms with E-state index in [0.29, 0.717) is 18.2 Å². The number of nitrogens with one attached hydrogen (secondary N) is 1. The van der Waals surface area contributed by atoms with E-state index in [1.54, 1.807) is 23.6 Å². The molecule has 1 heterocycles. The largest absolute Gasteiger partial charge is 0.369 e. The Morgan fingerprint density at radius 1 is 1.46 bits per heavy atom. The SMILES string of the molecule is CCCCOC(C)C(=O)N1CSCC1C(=O)Nc1cccc(C)c1. The lowest BCUT2D eigenvalue weighted by molar-refractivity contribution is -0.145. The van der Waals surface area contributed by atoms with E-state index in [0.717, 1.165) is 24.1 Å². The van der Waals surface area contributed by atoms with Crippen LogP contribution in [0.15, 0.2) is 24.3 Å². The van der Waals surface area contributed by atoms with Crippen molar-refractivity contribution in [3.05, 3.63) is 29.8 Å². The van der Waals surface area contributed by atoms with Crippen molar-refractivity contribution >= 4 is 29.3 Å². The van der Waals surface area contributed by atoms with Crippen molar-refractivity contribution < 1.29 is 14.3 Å². The summed E-state index contributed by atoms with van der Waals surface area (Å²) < 4.78 is 5.59. The molecular formula is C18H26N2O3S. The van der Waals surface area contributed by atoms with Gasteiger partial charge in [-0.25, -0.2) is 0 Å². The average Bonchev–Trinajstić information content (AvgIpc) is 3.04. The summed E-state index contributed by atoms with van der Waals surface area (Å²) in [7, 11) is 0. The number of rotatable bonds is 7. The highest BCUT2D eigenvalue weighted by Crippen LogP contribution is 2.24. The molecule has 132 valence electrons. The molecule has 5 nitrogen and oxygen atoms in total. The molecule has 1 aliphatic heterocycles. The lowest BCUT2D eigenvalue weighted by Crippen LogP contribution is -2.48. The first-order valence-corrected chi connectivity index (χ1v) is 9.55. The molecule has 2 rings (SSSR count). The summed E-state index contributed by atoms with van der Waals surface area (Å²) in [5.74, 6) is 0.900. The van der Waals surface area contributed by atoms with Gasteiger partial charge in [0.25, 0.3) is 5.91 Å². The van der Waals surface area contributed by atoms with Crippen molar-refractivity contribution in [1.29, 1.82) is 0 Å². The molecule has 1 aromatic rings. The van der Waals surface area contributed by atoms with E-state index in [1.807, 2.05) is 31.2 Å². The Morgan fingerprint density at radius 2 is 2.25 bits per heavy atom. The van der Waals surface area contributed by atoms with Crippen molar-refractivity contribution in [2.45, 2.75) is 45.8 Å². The predicted octanol–water partition coefficient (Wildman–Crippen LogP) is 3.04. The number of benzene rings is 1. The topological polar surface area (TPSA) is 58.6 Å². The number of thioether (sulfide) groups is 1. The number of nitrogens with zero attached hydrogens (tertiary/aromatic N) is 1. The normalized spacial score (nSPS) is 18.5. The van der Waals surface area contributed by atoms with Gasteiger partial charge < -0.3 is 15.0 Å². The zero-order valence-corrected chi connectivity index (χ0v) is 15.4. The lowest BCUT2D eigenvalue weighted by atomic mass is 10.2. The molecule has 2 unspecified atom stereocenters. The van der Waals surface area contributed by atoms with Crippen molar-refractivity contribution in [2.75, 3.05) is 23.6 Å². The third-order valence-corrected chi connectivity index (χ3v) is 4.98. The Bertz CT molecular complexity index is 579. The minimum absolute atomic E-state index is 0.111. The standard InChI is InChI=1S/C18H26N2O3S/c1-4-5-9-23-14(3)18(22)20-12-24-11-16(20)17(21)19-15-8-6-7-13(2)10-15/h6-8,10,14,16H,4-5,9,11-12H2,1-3H3,(H,19,21). The Kier molecular flexibility index (Phi) is 7.12. The van der Waals surface area contributed by atoms with Crippen molar-refractivity contribution in [3.63, 3.8) is 0 Å². The smallest absolute Gasteiger partial charge is 0.252 e. The highest BCUT2D eigenvalue weighted by molar-refractivity contribution is 7.99. The molecule has 1 aliphatic rings. The van der Waals surface area contributed by atoms with E-state index >= 15 is 0 Å². The molecule has 6 heteroatoms. The number of anilines is 1. The summed E-state index contributed by atoms with van der Waals surface area (Å²) in [5, 5.41) is 2.91. The highest BCUT2D eigenvalue weighted by Gasteiger charge is 2.36. The van der Waals surface area contributed by atoms with Crippen LogP contribution >= 0.6 is 11.8 Å². The first-order chi connectivity index (χ1) is 11.5. The summed E-state index contributed by atoms with van der Waals surface area (Å²) in [6.07, 6.45) is 1.45. The predicted molar refractivity (Wildman–Crippen MR) is 98.1 cm³/mol. The van der Waals surface area contributed by atoms with Crippen LogP contribution in [0, 0.1) is 6.92 Å². The van der Waals surface area contributed by atoms with Crippen molar-refractivity contribution in [2.24, 2.45) is 0 Å². The van der Waals surface area contributed by atoms with Gasteiger partial charge in [-0.3, -0.25) is 9.59 Å². The Balaban J connectivity index is 1.96. The Labute approximate surface area is 148 Å². The van der Waals surface area contributed by atoms with Crippen LogP contribution in [-0.4, -0.2) is 47.1 Å². The molecule has 1 N–H and O–H groups in total. The van der Waals surface area contributed by atoms with Gasteiger partial charge in [-0.1, -0.05) is 25.5 Å². The van der Waals surface area contributed by atoms with Gasteiger partial charge in [0.05, 0.1) is 5.88 Å². The fourth-order valence-corrected chi connectivity index (χ4v) is 3.70. The first kappa shape index (κ1) is 18.8. The van der Waals surface area contributed by atoms with Gasteiger partial charge in [0, 0.05) is 18.0 Å². The van der Waals surface area contributed by atoms with Gasteiger partial charge in [0.15, 0.2) is 0 Å².